The maximum atomic E-state index is 12.6. The van der Waals surface area contributed by atoms with Crippen LogP contribution in [-0.4, -0.2) is 38.1 Å². The van der Waals surface area contributed by atoms with E-state index in [0.29, 0.717) is 6.54 Å². The van der Waals surface area contributed by atoms with Crippen LogP contribution < -0.4 is 15.1 Å². The van der Waals surface area contributed by atoms with Gasteiger partial charge in [0.15, 0.2) is 6.04 Å². The van der Waals surface area contributed by atoms with E-state index in [0.717, 1.165) is 31.7 Å². The number of nitrogens with one attached hydrogen (secondary N) is 2. The van der Waals surface area contributed by atoms with Gasteiger partial charge in [0.25, 0.3) is 5.91 Å². The van der Waals surface area contributed by atoms with Gasteiger partial charge < -0.3 is 15.1 Å². The van der Waals surface area contributed by atoms with Crippen molar-refractivity contribution in [3.63, 3.8) is 0 Å². The molecule has 0 spiro atoms. The number of nitrogens with zero attached hydrogens (tertiary/aromatic N) is 1. The van der Waals surface area contributed by atoms with Gasteiger partial charge >= 0.3 is 0 Å². The summed E-state index contributed by atoms with van der Waals surface area (Å²) in [6, 6.07) is 14.8. The van der Waals surface area contributed by atoms with Crippen molar-refractivity contribution in [2.75, 3.05) is 31.1 Å². The average Bonchev–Trinajstić information content (AvgIpc) is 2.69. The van der Waals surface area contributed by atoms with E-state index in [1.165, 1.54) is 27.3 Å². The lowest BCUT2D eigenvalue weighted by Crippen LogP contribution is -3.19. The van der Waals surface area contributed by atoms with E-state index < -0.39 is 0 Å². The van der Waals surface area contributed by atoms with Crippen LogP contribution in [0.2, 0.25) is 0 Å². The largest absolute Gasteiger partial charge is 0.360 e. The summed E-state index contributed by atoms with van der Waals surface area (Å²) >= 11 is 0. The van der Waals surface area contributed by atoms with E-state index in [9.17, 15) is 4.79 Å². The molecule has 1 fully saturated rings. The predicted molar refractivity (Wildman–Crippen MR) is 111 cm³/mol. The number of rotatable bonds is 5. The fourth-order valence-electron chi connectivity index (χ4n) is 3.78. The Morgan fingerprint density at radius 1 is 1.07 bits per heavy atom. The van der Waals surface area contributed by atoms with Gasteiger partial charge in [-0.25, -0.2) is 0 Å². The van der Waals surface area contributed by atoms with E-state index in [2.05, 4.69) is 73.5 Å². The Balaban J connectivity index is 1.51. The zero-order valence-corrected chi connectivity index (χ0v) is 17.0. The summed E-state index contributed by atoms with van der Waals surface area (Å²) < 4.78 is 0. The lowest BCUT2D eigenvalue weighted by molar-refractivity contribution is -0.914. The van der Waals surface area contributed by atoms with Gasteiger partial charge in [0, 0.05) is 12.2 Å². The Bertz CT molecular complexity index is 777. The van der Waals surface area contributed by atoms with Crippen LogP contribution in [0.3, 0.4) is 0 Å². The van der Waals surface area contributed by atoms with Crippen molar-refractivity contribution in [1.82, 2.24) is 5.32 Å². The number of carbonyl (C=O) groups excluding carboxylic acids is 1. The monoisotopic (exact) mass is 366 g/mol. The van der Waals surface area contributed by atoms with E-state index in [4.69, 9.17) is 0 Å². The van der Waals surface area contributed by atoms with Gasteiger partial charge in [0.1, 0.15) is 0 Å². The molecule has 0 bridgehead atoms. The van der Waals surface area contributed by atoms with Crippen LogP contribution in [0.25, 0.3) is 0 Å². The summed E-state index contributed by atoms with van der Waals surface area (Å²) in [6.45, 7) is 13.1. The minimum atomic E-state index is -0.0174. The van der Waals surface area contributed by atoms with Crippen LogP contribution in [0.1, 0.15) is 29.2 Å². The maximum absolute atomic E-state index is 12.6. The van der Waals surface area contributed by atoms with Crippen LogP contribution in [0.5, 0.6) is 0 Å². The minimum Gasteiger partial charge on any atom is -0.360 e. The van der Waals surface area contributed by atoms with Gasteiger partial charge in [0.2, 0.25) is 0 Å². The molecule has 0 unspecified atom stereocenters. The fourth-order valence-corrected chi connectivity index (χ4v) is 3.78. The van der Waals surface area contributed by atoms with Gasteiger partial charge in [0.05, 0.1) is 26.2 Å². The zero-order chi connectivity index (χ0) is 19.4. The second kappa shape index (κ2) is 8.57. The van der Waals surface area contributed by atoms with Crippen molar-refractivity contribution in [2.45, 2.75) is 40.3 Å². The minimum absolute atomic E-state index is 0.0174. The van der Waals surface area contributed by atoms with Crippen LogP contribution in [0.15, 0.2) is 42.5 Å². The molecule has 2 N–H and O–H groups in total. The SMILES string of the molecule is Cc1ccc(CNC(=O)[C@@H](C)[NH+]2CCN(c3cccc(C)c3C)CC2)cc1. The standard InChI is InChI=1S/C23H31N3O/c1-17-8-10-21(11-9-17)16-24-23(27)20(4)25-12-14-26(15-13-25)22-7-5-6-18(2)19(22)3/h5-11,20H,12-16H2,1-4H3,(H,24,27)/p+1/t20-/m1/s1. The molecule has 27 heavy (non-hydrogen) atoms. The van der Waals surface area contributed by atoms with Crippen LogP contribution in [-0.2, 0) is 11.3 Å². The molecule has 0 aliphatic carbocycles. The molecule has 0 saturated carbocycles. The van der Waals surface area contributed by atoms with Crippen molar-refractivity contribution in [2.24, 2.45) is 0 Å². The topological polar surface area (TPSA) is 36.8 Å². The third-order valence-corrected chi connectivity index (χ3v) is 5.92. The summed E-state index contributed by atoms with van der Waals surface area (Å²) in [5, 5.41) is 3.10. The number of quaternary nitrogens is 1. The highest BCUT2D eigenvalue weighted by Crippen LogP contribution is 2.22. The predicted octanol–water partition coefficient (Wildman–Crippen LogP) is 2.02. The van der Waals surface area contributed by atoms with Crippen molar-refractivity contribution in [3.05, 3.63) is 64.7 Å². The fraction of sp³-hybridized carbons (Fsp3) is 0.435. The molecule has 2 aromatic rings. The molecule has 4 heteroatoms. The highest BCUT2D eigenvalue weighted by molar-refractivity contribution is 5.79. The number of hydrogen-bond donors (Lipinski definition) is 2. The van der Waals surface area contributed by atoms with Crippen LogP contribution in [0.4, 0.5) is 5.69 Å². The van der Waals surface area contributed by atoms with Crippen molar-refractivity contribution < 1.29 is 9.69 Å². The smallest absolute Gasteiger partial charge is 0.278 e. The molecule has 2 aromatic carbocycles. The van der Waals surface area contributed by atoms with Gasteiger partial charge in [-0.3, -0.25) is 4.79 Å². The van der Waals surface area contributed by atoms with Crippen LogP contribution >= 0.6 is 0 Å². The normalized spacial score (nSPS) is 16.2. The highest BCUT2D eigenvalue weighted by atomic mass is 16.2. The molecule has 1 heterocycles. The molecule has 4 nitrogen and oxygen atoms in total. The first-order valence-electron chi connectivity index (χ1n) is 9.94. The lowest BCUT2D eigenvalue weighted by Gasteiger charge is -2.36. The number of piperazine rings is 1. The lowest BCUT2D eigenvalue weighted by atomic mass is 10.1. The molecule has 144 valence electrons. The van der Waals surface area contributed by atoms with Gasteiger partial charge in [-0.15, -0.1) is 0 Å². The van der Waals surface area contributed by atoms with Crippen molar-refractivity contribution in [1.29, 1.82) is 0 Å². The molecule has 1 aliphatic heterocycles. The number of amides is 1. The van der Waals surface area contributed by atoms with E-state index in [1.807, 2.05) is 6.92 Å². The van der Waals surface area contributed by atoms with E-state index in [-0.39, 0.29) is 11.9 Å². The van der Waals surface area contributed by atoms with Gasteiger partial charge in [-0.05, 0) is 50.5 Å². The van der Waals surface area contributed by atoms with Crippen LogP contribution in [0, 0.1) is 20.8 Å². The average molecular weight is 367 g/mol. The Morgan fingerprint density at radius 3 is 2.41 bits per heavy atom. The first-order valence-corrected chi connectivity index (χ1v) is 9.94. The molecule has 1 saturated heterocycles. The third kappa shape index (κ3) is 4.69. The first kappa shape index (κ1) is 19.4. The molecular weight excluding hydrogens is 334 g/mol. The third-order valence-electron chi connectivity index (χ3n) is 5.92. The summed E-state index contributed by atoms with van der Waals surface area (Å²) in [5.74, 6) is 0.144. The van der Waals surface area contributed by atoms with E-state index in [1.54, 1.807) is 0 Å². The van der Waals surface area contributed by atoms with Gasteiger partial charge in [-0.1, -0.05) is 42.0 Å². The molecular formula is C23H32N3O+. The summed E-state index contributed by atoms with van der Waals surface area (Å²) in [5.41, 5.74) is 6.43. The molecule has 0 aromatic heterocycles. The highest BCUT2D eigenvalue weighted by Gasteiger charge is 2.29. The summed E-state index contributed by atoms with van der Waals surface area (Å²) in [6.07, 6.45) is 0. The maximum Gasteiger partial charge on any atom is 0.278 e. The Hall–Kier alpha value is -2.33. The number of benzene rings is 2. The van der Waals surface area contributed by atoms with Crippen molar-refractivity contribution in [3.8, 4) is 0 Å². The zero-order valence-electron chi connectivity index (χ0n) is 17.0. The summed E-state index contributed by atoms with van der Waals surface area (Å²) in [4.78, 5) is 16.4. The number of carbonyl (C=O) groups is 1. The number of hydrogen-bond acceptors (Lipinski definition) is 2. The number of aryl methyl sites for hydroxylation is 2. The second-order valence-electron chi connectivity index (χ2n) is 7.79. The first-order chi connectivity index (χ1) is 13.0. The Labute approximate surface area is 163 Å². The van der Waals surface area contributed by atoms with Crippen molar-refractivity contribution >= 4 is 11.6 Å². The van der Waals surface area contributed by atoms with Gasteiger partial charge in [-0.2, -0.15) is 0 Å². The second-order valence-corrected chi connectivity index (χ2v) is 7.79. The summed E-state index contributed by atoms with van der Waals surface area (Å²) in [7, 11) is 0. The molecule has 1 aliphatic rings. The molecule has 0 radical (unpaired) electrons. The Kier molecular flexibility index (Phi) is 6.17. The number of anilines is 1. The Morgan fingerprint density at radius 2 is 1.74 bits per heavy atom. The van der Waals surface area contributed by atoms with E-state index >= 15 is 0 Å². The molecule has 1 atom stereocenters. The molecule has 3 rings (SSSR count). The molecule has 1 amide bonds. The quantitative estimate of drug-likeness (QED) is 0.850.